The van der Waals surface area contributed by atoms with Crippen LogP contribution in [-0.2, 0) is 4.74 Å². The Kier molecular flexibility index (Phi) is 6.16. The molecule has 132 valence electrons. The van der Waals surface area contributed by atoms with Crippen LogP contribution in [0.4, 0.5) is 18.9 Å². The van der Waals surface area contributed by atoms with Gasteiger partial charge in [-0.05, 0) is 30.7 Å². The zero-order valence-corrected chi connectivity index (χ0v) is 13.4. The highest BCUT2D eigenvalue weighted by atomic mass is 19.2. The average Bonchev–Trinajstić information content (AvgIpc) is 2.60. The third-order valence-electron chi connectivity index (χ3n) is 3.41. The van der Waals surface area contributed by atoms with Gasteiger partial charge in [-0.2, -0.15) is 0 Å². The third kappa shape index (κ3) is 4.37. The lowest BCUT2D eigenvalue weighted by atomic mass is 10.1. The van der Waals surface area contributed by atoms with Crippen molar-refractivity contribution in [3.63, 3.8) is 0 Å². The van der Waals surface area contributed by atoms with Crippen LogP contribution in [0.1, 0.15) is 40.5 Å². The Balaban J connectivity index is 2.22. The number of ether oxygens (including phenoxy) is 1. The van der Waals surface area contributed by atoms with Crippen LogP contribution in [0, 0.1) is 17.5 Å². The summed E-state index contributed by atoms with van der Waals surface area (Å²) in [6, 6.07) is 7.46. The monoisotopic (exact) mass is 351 g/mol. The Bertz CT molecular complexity index is 793. The number of para-hydroxylation sites is 1. The van der Waals surface area contributed by atoms with Crippen molar-refractivity contribution in [1.29, 1.82) is 0 Å². The van der Waals surface area contributed by atoms with Gasteiger partial charge >= 0.3 is 5.97 Å². The molecule has 0 unspecified atom stereocenters. The first-order valence-electron chi connectivity index (χ1n) is 7.66. The van der Waals surface area contributed by atoms with Crippen molar-refractivity contribution in [3.8, 4) is 0 Å². The summed E-state index contributed by atoms with van der Waals surface area (Å²) in [4.78, 5) is 24.2. The third-order valence-corrected chi connectivity index (χ3v) is 3.41. The summed E-state index contributed by atoms with van der Waals surface area (Å²) in [6.45, 7) is 2.17. The molecule has 0 atom stereocenters. The summed E-state index contributed by atoms with van der Waals surface area (Å²) < 4.78 is 45.0. The Morgan fingerprint density at radius 2 is 1.72 bits per heavy atom. The minimum Gasteiger partial charge on any atom is -0.462 e. The fourth-order valence-corrected chi connectivity index (χ4v) is 2.05. The first-order valence-corrected chi connectivity index (χ1v) is 7.66. The number of anilines is 1. The van der Waals surface area contributed by atoms with Gasteiger partial charge in [0.1, 0.15) is 0 Å². The number of hydrogen-bond donors (Lipinski definition) is 1. The molecule has 0 radical (unpaired) electrons. The Morgan fingerprint density at radius 3 is 2.44 bits per heavy atom. The van der Waals surface area contributed by atoms with Crippen LogP contribution in [0.25, 0.3) is 0 Å². The molecule has 0 aromatic heterocycles. The molecule has 2 rings (SSSR count). The summed E-state index contributed by atoms with van der Waals surface area (Å²) in [5.74, 6) is -6.38. The van der Waals surface area contributed by atoms with Gasteiger partial charge in [0.25, 0.3) is 5.91 Å². The molecule has 0 aliphatic heterocycles. The second-order valence-corrected chi connectivity index (χ2v) is 5.21. The van der Waals surface area contributed by atoms with Crippen LogP contribution in [0.15, 0.2) is 36.4 Å². The molecule has 0 bridgehead atoms. The number of halogens is 3. The molecule has 0 aliphatic carbocycles. The van der Waals surface area contributed by atoms with Gasteiger partial charge in [-0.25, -0.2) is 18.0 Å². The maximum absolute atomic E-state index is 13.7. The lowest BCUT2D eigenvalue weighted by Gasteiger charge is -2.11. The van der Waals surface area contributed by atoms with Gasteiger partial charge in [0.05, 0.1) is 23.4 Å². The van der Waals surface area contributed by atoms with Gasteiger partial charge in [0.15, 0.2) is 17.5 Å². The van der Waals surface area contributed by atoms with E-state index in [9.17, 15) is 22.8 Å². The fourth-order valence-electron chi connectivity index (χ4n) is 2.05. The van der Waals surface area contributed by atoms with E-state index in [0.717, 1.165) is 12.5 Å². The van der Waals surface area contributed by atoms with E-state index in [1.807, 2.05) is 6.92 Å². The Labute approximate surface area is 142 Å². The highest BCUT2D eigenvalue weighted by Crippen LogP contribution is 2.20. The van der Waals surface area contributed by atoms with E-state index in [1.54, 1.807) is 12.1 Å². The van der Waals surface area contributed by atoms with Crippen LogP contribution < -0.4 is 5.32 Å². The van der Waals surface area contributed by atoms with E-state index in [4.69, 9.17) is 4.74 Å². The number of carbonyl (C=O) groups excluding carboxylic acids is 2. The summed E-state index contributed by atoms with van der Waals surface area (Å²) in [5, 5.41) is 2.32. The molecule has 4 nitrogen and oxygen atoms in total. The Morgan fingerprint density at radius 1 is 1.00 bits per heavy atom. The van der Waals surface area contributed by atoms with Crippen LogP contribution in [0.2, 0.25) is 0 Å². The molecular weight excluding hydrogens is 335 g/mol. The van der Waals surface area contributed by atoms with E-state index in [2.05, 4.69) is 5.32 Å². The van der Waals surface area contributed by atoms with Crippen molar-refractivity contribution < 1.29 is 27.5 Å². The highest BCUT2D eigenvalue weighted by Gasteiger charge is 2.21. The van der Waals surface area contributed by atoms with E-state index in [0.29, 0.717) is 12.5 Å². The molecule has 2 aromatic carbocycles. The molecule has 0 heterocycles. The van der Waals surface area contributed by atoms with Crippen molar-refractivity contribution >= 4 is 17.6 Å². The largest absolute Gasteiger partial charge is 0.462 e. The van der Waals surface area contributed by atoms with Crippen molar-refractivity contribution in [2.75, 3.05) is 11.9 Å². The summed E-state index contributed by atoms with van der Waals surface area (Å²) in [6.07, 6.45) is 1.54. The average molecular weight is 351 g/mol. The van der Waals surface area contributed by atoms with Gasteiger partial charge in [-0.3, -0.25) is 4.79 Å². The number of rotatable bonds is 6. The van der Waals surface area contributed by atoms with Crippen LogP contribution in [0.5, 0.6) is 0 Å². The molecular formula is C18H16F3NO3. The van der Waals surface area contributed by atoms with Gasteiger partial charge in [-0.1, -0.05) is 25.5 Å². The van der Waals surface area contributed by atoms with Crippen molar-refractivity contribution in [1.82, 2.24) is 0 Å². The zero-order valence-electron chi connectivity index (χ0n) is 13.4. The minimum atomic E-state index is -1.74. The molecule has 7 heteroatoms. The SMILES string of the molecule is CCCCOC(=O)c1ccccc1NC(=O)c1ccc(F)c(F)c1F. The lowest BCUT2D eigenvalue weighted by molar-refractivity contribution is 0.0501. The first-order chi connectivity index (χ1) is 12.0. The van der Waals surface area contributed by atoms with Crippen LogP contribution in [-0.4, -0.2) is 18.5 Å². The molecule has 0 aliphatic rings. The smallest absolute Gasteiger partial charge is 0.340 e. The van der Waals surface area contributed by atoms with E-state index >= 15 is 0 Å². The molecule has 2 aromatic rings. The van der Waals surface area contributed by atoms with Gasteiger partial charge in [-0.15, -0.1) is 0 Å². The van der Waals surface area contributed by atoms with Gasteiger partial charge in [0, 0.05) is 0 Å². The Hall–Kier alpha value is -2.83. The van der Waals surface area contributed by atoms with E-state index in [-0.39, 0.29) is 17.9 Å². The van der Waals surface area contributed by atoms with Crippen LogP contribution >= 0.6 is 0 Å². The number of amides is 1. The van der Waals surface area contributed by atoms with Gasteiger partial charge < -0.3 is 10.1 Å². The molecule has 0 fully saturated rings. The second-order valence-electron chi connectivity index (χ2n) is 5.21. The number of unbranched alkanes of at least 4 members (excludes halogenated alkanes) is 1. The standard InChI is InChI=1S/C18H16F3NO3/c1-2-3-10-25-18(24)11-6-4-5-7-14(11)22-17(23)12-8-9-13(19)16(21)15(12)20/h4-9H,2-3,10H2,1H3,(H,22,23). The zero-order chi connectivity index (χ0) is 18.4. The molecule has 1 N–H and O–H groups in total. The van der Waals surface area contributed by atoms with Crippen molar-refractivity contribution in [2.45, 2.75) is 19.8 Å². The minimum absolute atomic E-state index is 0.0787. The van der Waals surface area contributed by atoms with Crippen LogP contribution in [0.3, 0.4) is 0 Å². The molecule has 0 spiro atoms. The normalized spacial score (nSPS) is 10.4. The maximum atomic E-state index is 13.7. The quantitative estimate of drug-likeness (QED) is 0.479. The number of esters is 1. The van der Waals surface area contributed by atoms with Crippen molar-refractivity contribution in [3.05, 3.63) is 65.0 Å². The molecule has 0 saturated heterocycles. The molecule has 0 saturated carbocycles. The van der Waals surface area contributed by atoms with Crippen molar-refractivity contribution in [2.24, 2.45) is 0 Å². The first kappa shape index (κ1) is 18.5. The summed E-state index contributed by atoms with van der Waals surface area (Å²) >= 11 is 0. The predicted octanol–water partition coefficient (Wildman–Crippen LogP) is 4.31. The lowest BCUT2D eigenvalue weighted by Crippen LogP contribution is -2.18. The molecule has 25 heavy (non-hydrogen) atoms. The second kappa shape index (κ2) is 8.32. The van der Waals surface area contributed by atoms with E-state index < -0.39 is 34.9 Å². The fraction of sp³-hybridized carbons (Fsp3) is 0.222. The summed E-state index contributed by atoms with van der Waals surface area (Å²) in [5.41, 5.74) is -0.513. The topological polar surface area (TPSA) is 55.4 Å². The number of nitrogens with one attached hydrogen (secondary N) is 1. The predicted molar refractivity (Wildman–Crippen MR) is 85.9 cm³/mol. The number of carbonyl (C=O) groups is 2. The van der Waals surface area contributed by atoms with E-state index in [1.165, 1.54) is 12.1 Å². The summed E-state index contributed by atoms with van der Waals surface area (Å²) in [7, 11) is 0. The highest BCUT2D eigenvalue weighted by molar-refractivity contribution is 6.08. The van der Waals surface area contributed by atoms with Gasteiger partial charge in [0.2, 0.25) is 0 Å². The molecule has 1 amide bonds. The maximum Gasteiger partial charge on any atom is 0.340 e. The number of benzene rings is 2. The number of hydrogen-bond acceptors (Lipinski definition) is 3.